The molecule has 1 aromatic heterocycles. The van der Waals surface area contributed by atoms with Crippen molar-refractivity contribution in [1.29, 1.82) is 0 Å². The molecule has 5 rings (SSSR count). The van der Waals surface area contributed by atoms with Crippen molar-refractivity contribution in [3.63, 3.8) is 0 Å². The maximum atomic E-state index is 12.7. The molecule has 132 valence electrons. The molecule has 3 heterocycles. The Bertz CT molecular complexity index is 850. The molecule has 1 spiro atoms. The summed E-state index contributed by atoms with van der Waals surface area (Å²) in [5, 5.41) is 10.5. The second-order valence-corrected chi connectivity index (χ2v) is 7.18. The average molecular weight is 348 g/mol. The zero-order valence-corrected chi connectivity index (χ0v) is 13.5. The van der Waals surface area contributed by atoms with Gasteiger partial charge >= 0.3 is 6.61 Å². The minimum absolute atomic E-state index is 0.0367. The van der Waals surface area contributed by atoms with Crippen molar-refractivity contribution in [3.05, 3.63) is 23.9 Å². The van der Waals surface area contributed by atoms with E-state index in [1.54, 1.807) is 6.07 Å². The summed E-state index contributed by atoms with van der Waals surface area (Å²) < 4.78 is 29.0. The number of nitrogens with one attached hydrogen (secondary N) is 2. The van der Waals surface area contributed by atoms with E-state index in [2.05, 4.69) is 25.2 Å². The number of aromatic amines is 1. The number of nitrogens with zero attached hydrogens (tertiary/aromatic N) is 2. The van der Waals surface area contributed by atoms with Gasteiger partial charge in [-0.05, 0) is 37.3 Å². The zero-order valence-electron chi connectivity index (χ0n) is 13.5. The van der Waals surface area contributed by atoms with E-state index in [0.717, 1.165) is 19.5 Å². The lowest BCUT2D eigenvalue weighted by Gasteiger charge is -2.58. The molecule has 3 atom stereocenters. The van der Waals surface area contributed by atoms with Gasteiger partial charge in [0.05, 0.1) is 5.52 Å². The first kappa shape index (κ1) is 15.1. The highest BCUT2D eigenvalue weighted by Crippen LogP contribution is 2.57. The predicted molar refractivity (Wildman–Crippen MR) is 85.6 cm³/mol. The molecule has 2 N–H and O–H groups in total. The molecular weight excluding hydrogens is 330 g/mol. The van der Waals surface area contributed by atoms with Gasteiger partial charge in [0.2, 0.25) is 0 Å². The molecule has 6 nitrogen and oxygen atoms in total. The molecule has 1 saturated carbocycles. The first-order valence-electron chi connectivity index (χ1n) is 8.56. The third kappa shape index (κ3) is 2.09. The molecule has 3 aliphatic rings. The summed E-state index contributed by atoms with van der Waals surface area (Å²) in [4.78, 5) is 15.2. The van der Waals surface area contributed by atoms with Crippen LogP contribution >= 0.6 is 0 Å². The van der Waals surface area contributed by atoms with Crippen LogP contribution in [0.2, 0.25) is 0 Å². The summed E-state index contributed by atoms with van der Waals surface area (Å²) in [6.07, 6.45) is 3.64. The van der Waals surface area contributed by atoms with Crippen LogP contribution in [-0.2, 0) is 0 Å². The van der Waals surface area contributed by atoms with Crippen LogP contribution in [0.15, 0.2) is 18.2 Å². The number of amides is 1. The molecule has 1 amide bonds. The molecule has 3 fully saturated rings. The van der Waals surface area contributed by atoms with E-state index in [-0.39, 0.29) is 17.7 Å². The molecule has 8 heteroatoms. The van der Waals surface area contributed by atoms with Gasteiger partial charge in [-0.25, -0.2) is 0 Å². The number of rotatable bonds is 4. The van der Waals surface area contributed by atoms with E-state index in [0.29, 0.717) is 28.1 Å². The number of carbonyl (C=O) groups is 1. The summed E-state index contributed by atoms with van der Waals surface area (Å²) in [6.45, 7) is -0.850. The quantitative estimate of drug-likeness (QED) is 0.888. The van der Waals surface area contributed by atoms with Crippen LogP contribution in [-0.4, -0.2) is 52.3 Å². The van der Waals surface area contributed by atoms with Crippen LogP contribution in [0.25, 0.3) is 10.9 Å². The third-order valence-corrected chi connectivity index (χ3v) is 6.22. The van der Waals surface area contributed by atoms with Crippen molar-refractivity contribution in [1.82, 2.24) is 20.4 Å². The number of hydrogen-bond donors (Lipinski definition) is 2. The van der Waals surface area contributed by atoms with E-state index >= 15 is 0 Å². The van der Waals surface area contributed by atoms with Crippen molar-refractivity contribution in [3.8, 4) is 5.75 Å². The number of halogens is 2. The van der Waals surface area contributed by atoms with Gasteiger partial charge in [0.15, 0.2) is 5.69 Å². The Labute approximate surface area is 142 Å². The second-order valence-electron chi connectivity index (χ2n) is 7.18. The van der Waals surface area contributed by atoms with Crippen LogP contribution in [0.1, 0.15) is 29.8 Å². The SMILES string of the molecule is O=C(N[C@@H]1CN2CCC23CC[C@H]13)c1n[nH]c2cc(OC(F)F)ccc12. The monoisotopic (exact) mass is 348 g/mol. The van der Waals surface area contributed by atoms with Crippen LogP contribution in [0, 0.1) is 5.92 Å². The molecule has 0 bridgehead atoms. The number of H-pyrrole nitrogens is 1. The zero-order chi connectivity index (χ0) is 17.2. The lowest BCUT2D eigenvalue weighted by atomic mass is 9.61. The van der Waals surface area contributed by atoms with Crippen molar-refractivity contribution >= 4 is 16.8 Å². The van der Waals surface area contributed by atoms with Gasteiger partial charge in [-0.15, -0.1) is 0 Å². The lowest BCUT2D eigenvalue weighted by Crippen LogP contribution is -2.64. The number of alkyl halides is 2. The smallest absolute Gasteiger partial charge is 0.387 e. The molecular formula is C17H18F2N4O2. The van der Waals surface area contributed by atoms with Gasteiger partial charge < -0.3 is 10.1 Å². The highest BCUT2D eigenvalue weighted by molar-refractivity contribution is 6.05. The molecule has 2 saturated heterocycles. The number of carbonyl (C=O) groups excluding carboxylic acids is 1. The number of ether oxygens (including phenoxy) is 1. The van der Waals surface area contributed by atoms with Gasteiger partial charge in [-0.2, -0.15) is 13.9 Å². The van der Waals surface area contributed by atoms with Crippen LogP contribution in [0.4, 0.5) is 8.78 Å². The fraction of sp³-hybridized carbons (Fsp3) is 0.529. The minimum atomic E-state index is -2.88. The number of benzene rings is 1. The van der Waals surface area contributed by atoms with E-state index in [1.807, 2.05) is 0 Å². The predicted octanol–water partition coefficient (Wildman–Crippen LogP) is 2.13. The Morgan fingerprint density at radius 1 is 1.44 bits per heavy atom. The Morgan fingerprint density at radius 3 is 2.96 bits per heavy atom. The molecule has 2 aliphatic heterocycles. The summed E-state index contributed by atoms with van der Waals surface area (Å²) in [7, 11) is 0. The highest BCUT2D eigenvalue weighted by Gasteiger charge is 2.63. The lowest BCUT2D eigenvalue weighted by molar-refractivity contribution is -0.0676. The molecule has 25 heavy (non-hydrogen) atoms. The first-order valence-corrected chi connectivity index (χ1v) is 8.56. The summed E-state index contributed by atoms with van der Waals surface area (Å²) >= 11 is 0. The summed E-state index contributed by atoms with van der Waals surface area (Å²) in [5.74, 6) is 0.361. The van der Waals surface area contributed by atoms with Crippen molar-refractivity contribution < 1.29 is 18.3 Å². The first-order chi connectivity index (χ1) is 12.1. The van der Waals surface area contributed by atoms with E-state index in [1.165, 1.54) is 25.0 Å². The summed E-state index contributed by atoms with van der Waals surface area (Å²) in [6, 6.07) is 4.59. The molecule has 2 aromatic rings. The average Bonchev–Trinajstić information content (AvgIpc) is 2.97. The Balaban J connectivity index is 1.35. The maximum absolute atomic E-state index is 12.7. The third-order valence-electron chi connectivity index (χ3n) is 6.22. The van der Waals surface area contributed by atoms with Gasteiger partial charge in [-0.3, -0.25) is 14.8 Å². The van der Waals surface area contributed by atoms with Crippen LogP contribution in [0.5, 0.6) is 5.75 Å². The van der Waals surface area contributed by atoms with Gasteiger partial charge in [0, 0.05) is 36.1 Å². The molecule has 1 aromatic carbocycles. The molecule has 1 unspecified atom stereocenters. The van der Waals surface area contributed by atoms with Gasteiger partial charge in [0.1, 0.15) is 5.75 Å². The van der Waals surface area contributed by atoms with E-state index in [4.69, 9.17) is 0 Å². The van der Waals surface area contributed by atoms with Gasteiger partial charge in [0.25, 0.3) is 5.91 Å². The summed E-state index contributed by atoms with van der Waals surface area (Å²) in [5.41, 5.74) is 1.15. The van der Waals surface area contributed by atoms with Crippen LogP contribution in [0.3, 0.4) is 0 Å². The normalized spacial score (nSPS) is 30.5. The van der Waals surface area contributed by atoms with Crippen molar-refractivity contribution in [2.75, 3.05) is 13.1 Å². The number of hydrogen-bond acceptors (Lipinski definition) is 4. The molecule has 1 aliphatic carbocycles. The standard InChI is InChI=1S/C17H18F2N4O2/c18-16(19)25-9-1-2-10-12(7-9)21-22-14(10)15(24)20-13-8-23-6-5-17(23)4-3-11(13)17/h1-2,7,11,13,16H,3-6,8H2,(H,20,24)(H,21,22)/t11-,13-,17?/m1/s1. The number of fused-ring (bicyclic) bond motifs is 1. The van der Waals surface area contributed by atoms with Crippen molar-refractivity contribution in [2.24, 2.45) is 5.92 Å². The van der Waals surface area contributed by atoms with E-state index in [9.17, 15) is 13.6 Å². The Hall–Kier alpha value is -2.22. The van der Waals surface area contributed by atoms with Crippen molar-refractivity contribution in [2.45, 2.75) is 37.5 Å². The maximum Gasteiger partial charge on any atom is 0.387 e. The fourth-order valence-corrected chi connectivity index (χ4v) is 4.85. The Kier molecular flexibility index (Phi) is 3.10. The topological polar surface area (TPSA) is 70.2 Å². The molecule has 0 radical (unpaired) electrons. The second kappa shape index (κ2) is 5.14. The van der Waals surface area contributed by atoms with Crippen LogP contribution < -0.4 is 10.1 Å². The minimum Gasteiger partial charge on any atom is -0.435 e. The van der Waals surface area contributed by atoms with E-state index < -0.39 is 6.61 Å². The fourth-order valence-electron chi connectivity index (χ4n) is 4.85. The Morgan fingerprint density at radius 2 is 2.32 bits per heavy atom. The largest absolute Gasteiger partial charge is 0.435 e. The highest BCUT2D eigenvalue weighted by atomic mass is 19.3. The number of aromatic nitrogens is 2. The van der Waals surface area contributed by atoms with Gasteiger partial charge in [-0.1, -0.05) is 0 Å².